The average molecular weight is 721 g/mol. The maximum Gasteiger partial charge on any atom is 0.323 e. The Morgan fingerprint density at radius 2 is 1.43 bits per heavy atom. The predicted molar refractivity (Wildman–Crippen MR) is 185 cm³/mol. The first kappa shape index (κ1) is 39.9. The standard InChI is InChI=1S/C31H45N5O6S2.2ClH/c37-29(21-35-30(38)25(5-3-22-11-15-32-16-12-22)6-4-23-13-17-33-18-14-23)34-20-27(31(39)40)36-44(41,42)26-9-7-24(8-10-26)28-2-1-19-43-28;;/h1-2,7-10,19,22-23,25,27,32-33,36H,3-6,11-18,20-21H2,(H,34,37)(H,35,38)(H,39,40);2*1H. The zero-order valence-electron chi connectivity index (χ0n) is 25.9. The van der Waals surface area contributed by atoms with E-state index in [0.717, 1.165) is 88.0 Å². The lowest BCUT2D eigenvalue weighted by molar-refractivity contribution is -0.139. The van der Waals surface area contributed by atoms with Crippen molar-refractivity contribution in [3.8, 4) is 10.4 Å². The van der Waals surface area contributed by atoms with Gasteiger partial charge in [0, 0.05) is 17.3 Å². The number of piperidine rings is 2. The molecule has 1 aromatic heterocycles. The van der Waals surface area contributed by atoms with Gasteiger partial charge in [0.05, 0.1) is 11.4 Å². The van der Waals surface area contributed by atoms with Crippen molar-refractivity contribution in [2.75, 3.05) is 39.3 Å². The van der Waals surface area contributed by atoms with E-state index in [0.29, 0.717) is 11.8 Å². The molecule has 2 amide bonds. The minimum Gasteiger partial charge on any atom is -0.480 e. The van der Waals surface area contributed by atoms with Crippen LogP contribution in [0, 0.1) is 17.8 Å². The molecule has 1 unspecified atom stereocenters. The monoisotopic (exact) mass is 719 g/mol. The minimum absolute atomic E-state index is 0. The normalized spacial score (nSPS) is 16.5. The quantitative estimate of drug-likeness (QED) is 0.154. The van der Waals surface area contributed by atoms with E-state index in [-0.39, 0.29) is 48.1 Å². The number of aliphatic carboxylic acids is 1. The molecule has 2 fully saturated rings. The van der Waals surface area contributed by atoms with Crippen LogP contribution in [0.15, 0.2) is 46.7 Å². The maximum absolute atomic E-state index is 13.2. The molecule has 15 heteroatoms. The van der Waals surface area contributed by atoms with Crippen molar-refractivity contribution in [2.45, 2.75) is 62.3 Å². The van der Waals surface area contributed by atoms with Gasteiger partial charge in [-0.3, -0.25) is 14.4 Å². The van der Waals surface area contributed by atoms with E-state index in [1.54, 1.807) is 12.1 Å². The van der Waals surface area contributed by atoms with E-state index in [2.05, 4.69) is 26.0 Å². The highest BCUT2D eigenvalue weighted by atomic mass is 35.5. The zero-order valence-corrected chi connectivity index (χ0v) is 29.1. The molecule has 1 aromatic carbocycles. The molecule has 11 nitrogen and oxygen atoms in total. The lowest BCUT2D eigenvalue weighted by atomic mass is 9.84. The summed E-state index contributed by atoms with van der Waals surface area (Å²) in [7, 11) is -4.16. The minimum atomic E-state index is -4.16. The van der Waals surface area contributed by atoms with Crippen LogP contribution >= 0.6 is 36.2 Å². The van der Waals surface area contributed by atoms with Gasteiger partial charge in [0.1, 0.15) is 6.04 Å². The van der Waals surface area contributed by atoms with Crippen molar-refractivity contribution in [1.82, 2.24) is 26.0 Å². The summed E-state index contributed by atoms with van der Waals surface area (Å²) in [5.41, 5.74) is 0.850. The first-order chi connectivity index (χ1) is 21.2. The molecular weight excluding hydrogens is 673 g/mol. The number of benzene rings is 1. The fraction of sp³-hybridized carbons (Fsp3) is 0.581. The smallest absolute Gasteiger partial charge is 0.323 e. The Hall–Kier alpha value is -2.26. The van der Waals surface area contributed by atoms with Gasteiger partial charge in [0.15, 0.2) is 0 Å². The highest BCUT2D eigenvalue weighted by Crippen LogP contribution is 2.27. The zero-order chi connectivity index (χ0) is 31.4. The van der Waals surface area contributed by atoms with Crippen LogP contribution in [0.2, 0.25) is 0 Å². The molecule has 2 aromatic rings. The topological polar surface area (TPSA) is 166 Å². The Labute approximate surface area is 288 Å². The fourth-order valence-electron chi connectivity index (χ4n) is 5.89. The molecule has 1 atom stereocenters. The molecular formula is C31H47Cl2N5O6S2. The SMILES string of the molecule is Cl.Cl.O=C(CNC(=O)C(CCC1CCNCC1)CCC1CCNCC1)NCC(NS(=O)(=O)c1ccc(-c2cccs2)cc1)C(=O)O. The third-order valence-corrected chi connectivity index (χ3v) is 11.0. The summed E-state index contributed by atoms with van der Waals surface area (Å²) in [5.74, 6) is -1.15. The third kappa shape index (κ3) is 12.7. The van der Waals surface area contributed by atoms with Crippen LogP contribution in [-0.2, 0) is 24.4 Å². The van der Waals surface area contributed by atoms with E-state index in [4.69, 9.17) is 0 Å². The molecule has 0 radical (unpaired) electrons. The fourth-order valence-corrected chi connectivity index (χ4v) is 7.81. The molecule has 2 saturated heterocycles. The van der Waals surface area contributed by atoms with Gasteiger partial charge in [-0.05, 0) is 119 Å². The number of sulfonamides is 1. The van der Waals surface area contributed by atoms with Crippen LogP contribution in [0.5, 0.6) is 0 Å². The molecule has 2 aliphatic heterocycles. The highest BCUT2D eigenvalue weighted by Gasteiger charge is 2.27. The van der Waals surface area contributed by atoms with Crippen molar-refractivity contribution in [1.29, 1.82) is 0 Å². The summed E-state index contributed by atoms with van der Waals surface area (Å²) in [6.07, 6.45) is 7.96. The van der Waals surface area contributed by atoms with Crippen molar-refractivity contribution < 1.29 is 27.9 Å². The number of carboxylic acids is 1. The van der Waals surface area contributed by atoms with Gasteiger partial charge in [-0.1, -0.05) is 18.2 Å². The second-order valence-corrected chi connectivity index (χ2v) is 14.4. The number of hydrogen-bond acceptors (Lipinski definition) is 8. The number of nitrogens with one attached hydrogen (secondary N) is 5. The molecule has 3 heterocycles. The number of carbonyl (C=O) groups is 3. The molecule has 0 aliphatic carbocycles. The van der Waals surface area contributed by atoms with Gasteiger partial charge in [0.25, 0.3) is 0 Å². The summed E-state index contributed by atoms with van der Waals surface area (Å²) in [5, 5.41) is 23.5. The second kappa shape index (κ2) is 20.2. The van der Waals surface area contributed by atoms with Crippen LogP contribution < -0.4 is 26.0 Å². The molecule has 0 bridgehead atoms. The van der Waals surface area contributed by atoms with Gasteiger partial charge in [-0.15, -0.1) is 36.2 Å². The van der Waals surface area contributed by atoms with Crippen LogP contribution in [0.4, 0.5) is 0 Å². The van der Waals surface area contributed by atoms with Gasteiger partial charge in [0.2, 0.25) is 21.8 Å². The summed E-state index contributed by atoms with van der Waals surface area (Å²) in [4.78, 5) is 38.5. The van der Waals surface area contributed by atoms with Gasteiger partial charge >= 0.3 is 5.97 Å². The Balaban J connectivity index is 0.00000368. The first-order valence-corrected chi connectivity index (χ1v) is 17.9. The number of carbonyl (C=O) groups excluding carboxylic acids is 2. The molecule has 4 rings (SSSR count). The number of hydrogen-bond donors (Lipinski definition) is 6. The van der Waals surface area contributed by atoms with Crippen molar-refractivity contribution in [3.05, 3.63) is 41.8 Å². The molecule has 46 heavy (non-hydrogen) atoms. The van der Waals surface area contributed by atoms with Crippen LogP contribution in [0.25, 0.3) is 10.4 Å². The largest absolute Gasteiger partial charge is 0.480 e. The summed E-state index contributed by atoms with van der Waals surface area (Å²) in [6.45, 7) is 3.25. The molecule has 2 aliphatic rings. The van der Waals surface area contributed by atoms with Crippen molar-refractivity contribution in [3.63, 3.8) is 0 Å². The molecule has 0 spiro atoms. The van der Waals surface area contributed by atoms with Crippen molar-refractivity contribution in [2.24, 2.45) is 17.8 Å². The number of rotatable bonds is 16. The third-order valence-electron chi connectivity index (χ3n) is 8.63. The Kier molecular flexibility index (Phi) is 17.5. The summed E-state index contributed by atoms with van der Waals surface area (Å²) in [6, 6.07) is 8.38. The summed E-state index contributed by atoms with van der Waals surface area (Å²) < 4.78 is 27.9. The van der Waals surface area contributed by atoms with E-state index in [1.807, 2.05) is 17.5 Å². The van der Waals surface area contributed by atoms with E-state index < -0.39 is 34.5 Å². The van der Waals surface area contributed by atoms with Gasteiger partial charge < -0.3 is 26.4 Å². The number of amides is 2. The first-order valence-electron chi connectivity index (χ1n) is 15.6. The summed E-state index contributed by atoms with van der Waals surface area (Å²) >= 11 is 1.52. The van der Waals surface area contributed by atoms with E-state index in [1.165, 1.54) is 23.5 Å². The van der Waals surface area contributed by atoms with Crippen molar-refractivity contribution >= 4 is 64.0 Å². The highest BCUT2D eigenvalue weighted by molar-refractivity contribution is 7.89. The lowest BCUT2D eigenvalue weighted by Crippen LogP contribution is -2.50. The Morgan fingerprint density at radius 1 is 0.870 bits per heavy atom. The number of thiophene rings is 1. The Morgan fingerprint density at radius 3 is 1.93 bits per heavy atom. The maximum atomic E-state index is 13.2. The van der Waals surface area contributed by atoms with Gasteiger partial charge in [-0.2, -0.15) is 4.72 Å². The average Bonchev–Trinajstić information content (AvgIpc) is 3.58. The van der Waals surface area contributed by atoms with Gasteiger partial charge in [-0.25, -0.2) is 8.42 Å². The van der Waals surface area contributed by atoms with Crippen LogP contribution in [0.1, 0.15) is 51.4 Å². The predicted octanol–water partition coefficient (Wildman–Crippen LogP) is 3.40. The molecule has 0 saturated carbocycles. The number of carboxylic acid groups (broad SMARTS) is 1. The second-order valence-electron chi connectivity index (χ2n) is 11.8. The molecule has 258 valence electrons. The lowest BCUT2D eigenvalue weighted by Gasteiger charge is -2.27. The number of halogens is 2. The van der Waals surface area contributed by atoms with Crippen LogP contribution in [0.3, 0.4) is 0 Å². The Bertz CT molecular complexity index is 1300. The van der Waals surface area contributed by atoms with E-state index >= 15 is 0 Å². The molecule has 6 N–H and O–H groups in total. The van der Waals surface area contributed by atoms with E-state index in [9.17, 15) is 27.9 Å². The van der Waals surface area contributed by atoms with Crippen LogP contribution in [-0.4, -0.2) is 76.6 Å².